The van der Waals surface area contributed by atoms with E-state index in [0.717, 1.165) is 5.56 Å². The van der Waals surface area contributed by atoms with Gasteiger partial charge in [-0.2, -0.15) is 0 Å². The molecule has 126 valence electrons. The Balaban J connectivity index is 1.92. The molecule has 0 fully saturated rings. The van der Waals surface area contributed by atoms with Crippen LogP contribution >= 0.6 is 11.3 Å². The van der Waals surface area contributed by atoms with Crippen molar-refractivity contribution in [3.63, 3.8) is 0 Å². The van der Waals surface area contributed by atoms with Gasteiger partial charge in [-0.05, 0) is 42.1 Å². The molecule has 0 atom stereocenters. The highest BCUT2D eigenvalue weighted by molar-refractivity contribution is 7.12. The van der Waals surface area contributed by atoms with Gasteiger partial charge in [0.25, 0.3) is 0 Å². The molecule has 2 aromatic rings. The topological polar surface area (TPSA) is 61.8 Å². The van der Waals surface area contributed by atoms with Crippen molar-refractivity contribution in [2.75, 3.05) is 20.3 Å². The molecule has 0 saturated heterocycles. The van der Waals surface area contributed by atoms with Gasteiger partial charge < -0.3 is 14.2 Å². The van der Waals surface area contributed by atoms with E-state index in [-0.39, 0.29) is 12.4 Å². The van der Waals surface area contributed by atoms with E-state index in [4.69, 9.17) is 14.2 Å². The minimum atomic E-state index is -0.576. The Hall–Kier alpha value is -2.60. The molecule has 5 nitrogen and oxygen atoms in total. The smallest absolute Gasteiger partial charge is 0.331 e. The maximum atomic E-state index is 11.7. The Bertz CT molecular complexity index is 719. The summed E-state index contributed by atoms with van der Waals surface area (Å²) < 4.78 is 15.6. The molecule has 0 saturated carbocycles. The zero-order valence-electron chi connectivity index (χ0n) is 13.5. The number of rotatable bonds is 8. The van der Waals surface area contributed by atoms with E-state index in [2.05, 4.69) is 0 Å². The molecule has 6 heteroatoms. The third-order valence-electron chi connectivity index (χ3n) is 3.04. The zero-order chi connectivity index (χ0) is 17.4. The Morgan fingerprint density at radius 2 is 2.04 bits per heavy atom. The second-order valence-corrected chi connectivity index (χ2v) is 5.63. The normalized spacial score (nSPS) is 10.6. The number of hydrogen-bond acceptors (Lipinski definition) is 6. The van der Waals surface area contributed by atoms with Gasteiger partial charge in [-0.15, -0.1) is 11.3 Å². The molecular weight excluding hydrogens is 328 g/mol. The van der Waals surface area contributed by atoms with Gasteiger partial charge in [0.15, 0.2) is 18.1 Å². The second-order valence-electron chi connectivity index (χ2n) is 4.68. The molecule has 1 heterocycles. The fourth-order valence-electron chi connectivity index (χ4n) is 1.92. The summed E-state index contributed by atoms with van der Waals surface area (Å²) in [6.07, 6.45) is 2.87. The molecule has 0 aliphatic carbocycles. The molecule has 0 aliphatic rings. The summed E-state index contributed by atoms with van der Waals surface area (Å²) in [4.78, 5) is 24.0. The van der Waals surface area contributed by atoms with E-state index >= 15 is 0 Å². The molecule has 0 unspecified atom stereocenters. The standard InChI is InChI=1S/C18H18O5S/c1-3-22-15-8-6-13(11-16(15)21-2)7-9-18(20)23-12-14(19)17-5-4-10-24-17/h4-11H,3,12H2,1-2H3/b9-7+. The molecular formula is C18H18O5S. The Morgan fingerprint density at radius 1 is 1.21 bits per heavy atom. The van der Waals surface area contributed by atoms with E-state index in [1.165, 1.54) is 17.4 Å². The van der Waals surface area contributed by atoms with Gasteiger partial charge in [-0.3, -0.25) is 4.79 Å². The molecule has 24 heavy (non-hydrogen) atoms. The Labute approximate surface area is 144 Å². The summed E-state index contributed by atoms with van der Waals surface area (Å²) in [6.45, 7) is 2.16. The van der Waals surface area contributed by atoms with Gasteiger partial charge in [0.1, 0.15) is 0 Å². The number of methoxy groups -OCH3 is 1. The van der Waals surface area contributed by atoms with Crippen molar-refractivity contribution in [2.45, 2.75) is 6.92 Å². The van der Waals surface area contributed by atoms with Gasteiger partial charge in [0.2, 0.25) is 5.78 Å². The first kappa shape index (κ1) is 17.7. The fraction of sp³-hybridized carbons (Fsp3) is 0.222. The molecule has 0 N–H and O–H groups in total. The number of carbonyl (C=O) groups is 2. The predicted molar refractivity (Wildman–Crippen MR) is 92.8 cm³/mol. The van der Waals surface area contributed by atoms with E-state index in [1.807, 2.05) is 6.92 Å². The van der Waals surface area contributed by atoms with Crippen LogP contribution in [0.25, 0.3) is 6.08 Å². The summed E-state index contributed by atoms with van der Waals surface area (Å²) in [5.74, 6) is 0.434. The molecule has 0 spiro atoms. The van der Waals surface area contributed by atoms with Gasteiger partial charge in [-0.25, -0.2) is 4.79 Å². The lowest BCUT2D eigenvalue weighted by Crippen LogP contribution is -2.11. The Kier molecular flexibility index (Phi) is 6.57. The van der Waals surface area contributed by atoms with Crippen molar-refractivity contribution in [3.8, 4) is 11.5 Å². The zero-order valence-corrected chi connectivity index (χ0v) is 14.3. The summed E-state index contributed by atoms with van der Waals surface area (Å²) in [5, 5.41) is 1.80. The number of hydrogen-bond donors (Lipinski definition) is 0. The molecule has 1 aromatic carbocycles. The number of benzene rings is 1. The lowest BCUT2D eigenvalue weighted by molar-refractivity contribution is -0.136. The predicted octanol–water partition coefficient (Wildman–Crippen LogP) is 3.59. The largest absolute Gasteiger partial charge is 0.493 e. The molecule has 0 bridgehead atoms. The monoisotopic (exact) mass is 346 g/mol. The highest BCUT2D eigenvalue weighted by atomic mass is 32.1. The highest BCUT2D eigenvalue weighted by Crippen LogP contribution is 2.28. The summed E-state index contributed by atoms with van der Waals surface area (Å²) in [5.41, 5.74) is 0.761. The van der Waals surface area contributed by atoms with Crippen LogP contribution in [0.15, 0.2) is 41.8 Å². The van der Waals surface area contributed by atoms with Gasteiger partial charge in [0.05, 0.1) is 18.6 Å². The van der Waals surface area contributed by atoms with Crippen LogP contribution in [-0.2, 0) is 9.53 Å². The minimum Gasteiger partial charge on any atom is -0.493 e. The van der Waals surface area contributed by atoms with Crippen LogP contribution in [-0.4, -0.2) is 32.1 Å². The number of Topliss-reactive ketones (excluding diaryl/α,β-unsaturated/α-hetero) is 1. The van der Waals surface area contributed by atoms with Crippen molar-refractivity contribution < 1.29 is 23.8 Å². The van der Waals surface area contributed by atoms with Gasteiger partial charge in [-0.1, -0.05) is 12.1 Å². The summed E-state index contributed by atoms with van der Waals surface area (Å²) in [7, 11) is 1.55. The number of ether oxygens (including phenoxy) is 3. The van der Waals surface area contributed by atoms with Crippen molar-refractivity contribution in [2.24, 2.45) is 0 Å². The lowest BCUT2D eigenvalue weighted by Gasteiger charge is -2.09. The summed E-state index contributed by atoms with van der Waals surface area (Å²) in [6, 6.07) is 8.80. The van der Waals surface area contributed by atoms with Gasteiger partial charge >= 0.3 is 5.97 Å². The Morgan fingerprint density at radius 3 is 2.71 bits per heavy atom. The maximum Gasteiger partial charge on any atom is 0.331 e. The van der Waals surface area contributed by atoms with Crippen LogP contribution < -0.4 is 9.47 Å². The van der Waals surface area contributed by atoms with Crippen LogP contribution in [0.2, 0.25) is 0 Å². The van der Waals surface area contributed by atoms with Crippen LogP contribution in [0.3, 0.4) is 0 Å². The average molecular weight is 346 g/mol. The minimum absolute atomic E-state index is 0.213. The number of ketones is 1. The van der Waals surface area contributed by atoms with Crippen LogP contribution in [0, 0.1) is 0 Å². The van der Waals surface area contributed by atoms with Crippen LogP contribution in [0.1, 0.15) is 22.2 Å². The summed E-state index contributed by atoms with van der Waals surface area (Å²) >= 11 is 1.32. The quantitative estimate of drug-likeness (QED) is 0.415. The van der Waals surface area contributed by atoms with Crippen LogP contribution in [0.4, 0.5) is 0 Å². The average Bonchev–Trinajstić information content (AvgIpc) is 3.13. The number of carbonyl (C=O) groups excluding carboxylic acids is 2. The second kappa shape index (κ2) is 8.88. The van der Waals surface area contributed by atoms with E-state index in [0.29, 0.717) is 23.0 Å². The highest BCUT2D eigenvalue weighted by Gasteiger charge is 2.09. The first-order valence-electron chi connectivity index (χ1n) is 7.36. The maximum absolute atomic E-state index is 11.7. The third-order valence-corrected chi connectivity index (χ3v) is 3.95. The van der Waals surface area contributed by atoms with Crippen molar-refractivity contribution in [1.29, 1.82) is 0 Å². The molecule has 0 amide bonds. The number of esters is 1. The lowest BCUT2D eigenvalue weighted by atomic mass is 10.2. The number of thiophene rings is 1. The molecule has 1 aromatic heterocycles. The molecule has 0 radical (unpaired) electrons. The van der Waals surface area contributed by atoms with E-state index < -0.39 is 5.97 Å². The molecule has 0 aliphatic heterocycles. The van der Waals surface area contributed by atoms with Crippen molar-refractivity contribution in [3.05, 3.63) is 52.2 Å². The SMILES string of the molecule is CCOc1ccc(/C=C/C(=O)OCC(=O)c2cccs2)cc1OC. The first-order chi connectivity index (χ1) is 11.6. The fourth-order valence-corrected chi connectivity index (χ4v) is 2.57. The van der Waals surface area contributed by atoms with Crippen molar-refractivity contribution >= 4 is 29.2 Å². The van der Waals surface area contributed by atoms with E-state index in [9.17, 15) is 9.59 Å². The molecule has 2 rings (SSSR count). The van der Waals surface area contributed by atoms with Crippen molar-refractivity contribution in [1.82, 2.24) is 0 Å². The van der Waals surface area contributed by atoms with Gasteiger partial charge in [0, 0.05) is 6.08 Å². The third kappa shape index (κ3) is 4.96. The van der Waals surface area contributed by atoms with E-state index in [1.54, 1.807) is 48.9 Å². The van der Waals surface area contributed by atoms with Crippen LogP contribution in [0.5, 0.6) is 11.5 Å². The first-order valence-corrected chi connectivity index (χ1v) is 8.24.